The molecule has 6 heteroatoms. The number of carbonyl (C=O) groups excluding carboxylic acids is 1. The second kappa shape index (κ2) is 8.20. The zero-order valence-electron chi connectivity index (χ0n) is 14.9. The molecule has 0 atom stereocenters. The van der Waals surface area contributed by atoms with E-state index in [0.29, 0.717) is 18.0 Å². The molecule has 2 N–H and O–H groups in total. The molecule has 0 aliphatic heterocycles. The highest BCUT2D eigenvalue weighted by molar-refractivity contribution is 5.91. The number of carbonyl (C=O) groups is 1. The number of anilines is 1. The molecule has 2 aromatic carbocycles. The van der Waals surface area contributed by atoms with Crippen LogP contribution >= 0.6 is 0 Å². The standard InChI is InChI=1S/C20H22N4O2/c1-15-6-7-19(26-2)18(10-15)23-20(25)22-12-16-4-3-5-17(11-16)13-24-9-8-21-14-24/h3-11,14H,12-13H2,1-2H3,(H2,22,23,25). The first-order valence-corrected chi connectivity index (χ1v) is 8.37. The number of hydrogen-bond acceptors (Lipinski definition) is 3. The van der Waals surface area contributed by atoms with E-state index in [1.54, 1.807) is 19.6 Å². The first-order chi connectivity index (χ1) is 12.6. The topological polar surface area (TPSA) is 68.2 Å². The van der Waals surface area contributed by atoms with Crippen molar-refractivity contribution >= 4 is 11.7 Å². The van der Waals surface area contributed by atoms with E-state index in [4.69, 9.17) is 4.74 Å². The van der Waals surface area contributed by atoms with E-state index in [-0.39, 0.29) is 6.03 Å². The highest BCUT2D eigenvalue weighted by Gasteiger charge is 2.07. The molecule has 0 unspecified atom stereocenters. The van der Waals surface area contributed by atoms with Crippen LogP contribution < -0.4 is 15.4 Å². The fourth-order valence-electron chi connectivity index (χ4n) is 2.70. The van der Waals surface area contributed by atoms with Gasteiger partial charge in [-0.05, 0) is 35.7 Å². The fraction of sp³-hybridized carbons (Fsp3) is 0.200. The number of benzene rings is 2. The summed E-state index contributed by atoms with van der Waals surface area (Å²) in [6, 6.07) is 13.5. The molecule has 0 saturated carbocycles. The molecule has 1 heterocycles. The lowest BCUT2D eigenvalue weighted by Crippen LogP contribution is -2.28. The number of ether oxygens (including phenoxy) is 1. The van der Waals surface area contributed by atoms with Gasteiger partial charge >= 0.3 is 6.03 Å². The molecular formula is C20H22N4O2. The molecule has 0 aliphatic rings. The number of imidazole rings is 1. The van der Waals surface area contributed by atoms with Crippen molar-refractivity contribution in [3.8, 4) is 5.75 Å². The third-order valence-electron chi connectivity index (χ3n) is 3.97. The highest BCUT2D eigenvalue weighted by Crippen LogP contribution is 2.24. The molecule has 0 spiro atoms. The van der Waals surface area contributed by atoms with Crippen LogP contribution in [0, 0.1) is 6.92 Å². The van der Waals surface area contributed by atoms with Crippen LogP contribution in [0.4, 0.5) is 10.5 Å². The SMILES string of the molecule is COc1ccc(C)cc1NC(=O)NCc1cccc(Cn2ccnc2)c1. The Morgan fingerprint density at radius 2 is 2.04 bits per heavy atom. The van der Waals surface area contributed by atoms with E-state index < -0.39 is 0 Å². The molecule has 1 aromatic heterocycles. The Bertz CT molecular complexity index is 875. The molecule has 2 amide bonds. The highest BCUT2D eigenvalue weighted by atomic mass is 16.5. The van der Waals surface area contributed by atoms with Gasteiger partial charge in [0.2, 0.25) is 0 Å². The van der Waals surface area contributed by atoms with Crippen LogP contribution in [0.15, 0.2) is 61.2 Å². The molecule has 6 nitrogen and oxygen atoms in total. The number of rotatable bonds is 6. The predicted molar refractivity (Wildman–Crippen MR) is 101 cm³/mol. The van der Waals surface area contributed by atoms with Crippen LogP contribution in [-0.4, -0.2) is 22.7 Å². The summed E-state index contributed by atoms with van der Waals surface area (Å²) >= 11 is 0. The van der Waals surface area contributed by atoms with Gasteiger partial charge in [-0.2, -0.15) is 0 Å². The Labute approximate surface area is 152 Å². The second-order valence-electron chi connectivity index (χ2n) is 6.07. The Hall–Kier alpha value is -3.28. The molecule has 0 aliphatic carbocycles. The van der Waals surface area contributed by atoms with E-state index in [0.717, 1.165) is 23.2 Å². The number of nitrogens with one attached hydrogen (secondary N) is 2. The van der Waals surface area contributed by atoms with E-state index >= 15 is 0 Å². The average molecular weight is 350 g/mol. The van der Waals surface area contributed by atoms with Crippen LogP contribution in [-0.2, 0) is 13.1 Å². The number of nitrogens with zero attached hydrogens (tertiary/aromatic N) is 2. The molecule has 0 radical (unpaired) electrons. The van der Waals surface area contributed by atoms with E-state index in [1.807, 2.05) is 48.0 Å². The maximum Gasteiger partial charge on any atom is 0.319 e. The molecule has 3 aromatic rings. The summed E-state index contributed by atoms with van der Waals surface area (Å²) in [5, 5.41) is 5.72. The van der Waals surface area contributed by atoms with E-state index in [1.165, 1.54) is 0 Å². The van der Waals surface area contributed by atoms with Gasteiger partial charge in [-0.25, -0.2) is 9.78 Å². The van der Waals surface area contributed by atoms with Gasteiger partial charge in [0.25, 0.3) is 0 Å². The van der Waals surface area contributed by atoms with Crippen LogP contribution in [0.25, 0.3) is 0 Å². The first kappa shape index (κ1) is 17.5. The molecule has 0 saturated heterocycles. The quantitative estimate of drug-likeness (QED) is 0.714. The molecular weight excluding hydrogens is 328 g/mol. The Morgan fingerprint density at radius 1 is 1.19 bits per heavy atom. The zero-order valence-corrected chi connectivity index (χ0v) is 14.9. The van der Waals surface area contributed by atoms with Crippen molar-refractivity contribution in [2.45, 2.75) is 20.0 Å². The van der Waals surface area contributed by atoms with Crippen molar-refractivity contribution in [2.75, 3.05) is 12.4 Å². The van der Waals surface area contributed by atoms with Crippen molar-refractivity contribution in [3.05, 3.63) is 77.9 Å². The summed E-state index contributed by atoms with van der Waals surface area (Å²) in [7, 11) is 1.58. The molecule has 0 bridgehead atoms. The predicted octanol–water partition coefficient (Wildman–Crippen LogP) is 3.57. The molecule has 0 fully saturated rings. The summed E-state index contributed by atoms with van der Waals surface area (Å²) in [6.07, 6.45) is 5.47. The molecule has 3 rings (SSSR count). The van der Waals surface area contributed by atoms with Gasteiger partial charge in [0, 0.05) is 25.5 Å². The number of amides is 2. The minimum absolute atomic E-state index is 0.270. The van der Waals surface area contributed by atoms with Gasteiger partial charge < -0.3 is 19.9 Å². The monoisotopic (exact) mass is 350 g/mol. The smallest absolute Gasteiger partial charge is 0.319 e. The average Bonchev–Trinajstić information content (AvgIpc) is 3.13. The summed E-state index contributed by atoms with van der Waals surface area (Å²) in [5.41, 5.74) is 3.89. The lowest BCUT2D eigenvalue weighted by Gasteiger charge is -2.12. The fourth-order valence-corrected chi connectivity index (χ4v) is 2.70. The van der Waals surface area contributed by atoms with Crippen molar-refractivity contribution in [2.24, 2.45) is 0 Å². The Morgan fingerprint density at radius 3 is 2.81 bits per heavy atom. The molecule has 26 heavy (non-hydrogen) atoms. The van der Waals surface area contributed by atoms with Crippen LogP contribution in [0.1, 0.15) is 16.7 Å². The van der Waals surface area contributed by atoms with Crippen molar-refractivity contribution in [1.29, 1.82) is 0 Å². The maximum atomic E-state index is 12.2. The first-order valence-electron chi connectivity index (χ1n) is 8.37. The number of hydrogen-bond donors (Lipinski definition) is 2. The van der Waals surface area contributed by atoms with Gasteiger partial charge in [-0.1, -0.05) is 30.3 Å². The lowest BCUT2D eigenvalue weighted by molar-refractivity contribution is 0.251. The van der Waals surface area contributed by atoms with Gasteiger partial charge in [0.1, 0.15) is 5.75 Å². The van der Waals surface area contributed by atoms with Crippen LogP contribution in [0.2, 0.25) is 0 Å². The summed E-state index contributed by atoms with van der Waals surface area (Å²) in [4.78, 5) is 16.3. The summed E-state index contributed by atoms with van der Waals surface area (Å²) < 4.78 is 7.28. The second-order valence-corrected chi connectivity index (χ2v) is 6.07. The minimum atomic E-state index is -0.270. The lowest BCUT2D eigenvalue weighted by atomic mass is 10.1. The van der Waals surface area contributed by atoms with Crippen LogP contribution in [0.5, 0.6) is 5.75 Å². The largest absolute Gasteiger partial charge is 0.495 e. The summed E-state index contributed by atoms with van der Waals surface area (Å²) in [6.45, 7) is 3.16. The Balaban J connectivity index is 1.59. The number of methoxy groups -OCH3 is 1. The normalized spacial score (nSPS) is 10.4. The molecule has 134 valence electrons. The van der Waals surface area contributed by atoms with Crippen molar-refractivity contribution < 1.29 is 9.53 Å². The minimum Gasteiger partial charge on any atom is -0.495 e. The Kier molecular flexibility index (Phi) is 5.53. The zero-order chi connectivity index (χ0) is 18.4. The summed E-state index contributed by atoms with van der Waals surface area (Å²) in [5.74, 6) is 0.632. The number of urea groups is 1. The van der Waals surface area contributed by atoms with Gasteiger partial charge in [-0.15, -0.1) is 0 Å². The third kappa shape index (κ3) is 4.63. The van der Waals surface area contributed by atoms with Crippen LogP contribution in [0.3, 0.4) is 0 Å². The van der Waals surface area contributed by atoms with Crippen molar-refractivity contribution in [3.63, 3.8) is 0 Å². The van der Waals surface area contributed by atoms with Crippen molar-refractivity contribution in [1.82, 2.24) is 14.9 Å². The van der Waals surface area contributed by atoms with E-state index in [9.17, 15) is 4.79 Å². The van der Waals surface area contributed by atoms with E-state index in [2.05, 4.69) is 27.8 Å². The van der Waals surface area contributed by atoms with Gasteiger partial charge in [0.15, 0.2) is 0 Å². The van der Waals surface area contributed by atoms with Gasteiger partial charge in [-0.3, -0.25) is 0 Å². The third-order valence-corrected chi connectivity index (χ3v) is 3.97. The van der Waals surface area contributed by atoms with Gasteiger partial charge in [0.05, 0.1) is 19.1 Å². The number of aryl methyl sites for hydroxylation is 1. The number of aromatic nitrogens is 2. The maximum absolute atomic E-state index is 12.2.